The minimum Gasteiger partial charge on any atom is -0.756 e. The van der Waals surface area contributed by atoms with E-state index in [0.717, 1.165) is 116 Å². The minimum absolute atomic E-state index is 0.0132. The second-order valence-corrected chi connectivity index (χ2v) is 23.8. The van der Waals surface area contributed by atoms with Gasteiger partial charge in [0.2, 0.25) is 5.91 Å². The molecule has 0 spiro atoms. The maximum atomic E-state index is 13.0. The van der Waals surface area contributed by atoms with E-state index in [1.54, 1.807) is 6.08 Å². The van der Waals surface area contributed by atoms with Gasteiger partial charge in [0.05, 0.1) is 39.9 Å². The summed E-state index contributed by atoms with van der Waals surface area (Å²) in [5, 5.41) is 13.9. The number of quaternary nitrogens is 1. The topological polar surface area (TPSA) is 108 Å². The molecule has 0 radical (unpaired) electrons. The lowest BCUT2D eigenvalue weighted by molar-refractivity contribution is -0.870. The first-order chi connectivity index (χ1) is 38.5. The second-order valence-electron chi connectivity index (χ2n) is 22.4. The van der Waals surface area contributed by atoms with Crippen LogP contribution < -0.4 is 10.2 Å². The van der Waals surface area contributed by atoms with Crippen molar-refractivity contribution in [1.82, 2.24) is 5.32 Å². The summed E-state index contributed by atoms with van der Waals surface area (Å²) < 4.78 is 23.4. The monoisotopic (exact) mass is 1120 g/mol. The lowest BCUT2D eigenvalue weighted by Crippen LogP contribution is -2.45. The van der Waals surface area contributed by atoms with Crippen molar-refractivity contribution in [2.24, 2.45) is 0 Å². The average Bonchev–Trinajstić information content (AvgIpc) is 3.42. The van der Waals surface area contributed by atoms with Crippen molar-refractivity contribution in [3.8, 4) is 0 Å². The highest BCUT2D eigenvalue weighted by atomic mass is 31.2. The van der Waals surface area contributed by atoms with E-state index in [1.165, 1.54) is 116 Å². The van der Waals surface area contributed by atoms with Crippen LogP contribution in [0.3, 0.4) is 0 Å². The number of allylic oxidation sites excluding steroid dienone is 21. The van der Waals surface area contributed by atoms with E-state index in [1.807, 2.05) is 27.2 Å². The number of rotatable bonds is 57. The Kier molecular flexibility index (Phi) is 56.7. The summed E-state index contributed by atoms with van der Waals surface area (Å²) in [6.45, 7) is 4.52. The molecule has 3 atom stereocenters. The summed E-state index contributed by atoms with van der Waals surface area (Å²) in [6.07, 6.45) is 89.7. The molecule has 1 amide bonds. The van der Waals surface area contributed by atoms with Gasteiger partial charge < -0.3 is 28.8 Å². The lowest BCUT2D eigenvalue weighted by atomic mass is 10.0. The number of unbranched alkanes of at least 4 members (excludes halogenated alkanes) is 24. The fourth-order valence-electron chi connectivity index (χ4n) is 8.65. The van der Waals surface area contributed by atoms with Crippen molar-refractivity contribution in [1.29, 1.82) is 0 Å². The molecule has 0 aromatic carbocycles. The van der Waals surface area contributed by atoms with Gasteiger partial charge in [0, 0.05) is 6.42 Å². The van der Waals surface area contributed by atoms with Crippen LogP contribution in [-0.2, 0) is 18.4 Å². The van der Waals surface area contributed by atoms with Gasteiger partial charge in [-0.25, -0.2) is 0 Å². The molecule has 0 saturated carbocycles. The van der Waals surface area contributed by atoms with Gasteiger partial charge in [-0.2, -0.15) is 0 Å². The van der Waals surface area contributed by atoms with Crippen LogP contribution in [-0.4, -0.2) is 68.5 Å². The van der Waals surface area contributed by atoms with Crippen LogP contribution in [0, 0.1) is 0 Å². The van der Waals surface area contributed by atoms with E-state index >= 15 is 0 Å². The molecule has 0 aromatic heterocycles. The highest BCUT2D eigenvalue weighted by Crippen LogP contribution is 2.38. The first-order valence-corrected chi connectivity index (χ1v) is 33.5. The van der Waals surface area contributed by atoms with Crippen molar-refractivity contribution < 1.29 is 32.9 Å². The van der Waals surface area contributed by atoms with Gasteiger partial charge in [-0.15, -0.1) is 0 Å². The van der Waals surface area contributed by atoms with Crippen LogP contribution in [0.2, 0.25) is 0 Å². The second kappa shape index (κ2) is 59.3. The van der Waals surface area contributed by atoms with Gasteiger partial charge in [0.1, 0.15) is 13.2 Å². The number of carbonyl (C=O) groups excluding carboxylic acids is 1. The number of nitrogens with one attached hydrogen (secondary N) is 1. The fourth-order valence-corrected chi connectivity index (χ4v) is 9.38. The number of aliphatic hydroxyl groups excluding tert-OH is 1. The molecule has 0 rings (SSSR count). The zero-order valence-corrected chi connectivity index (χ0v) is 52.4. The van der Waals surface area contributed by atoms with Gasteiger partial charge in [-0.1, -0.05) is 282 Å². The van der Waals surface area contributed by atoms with Crippen LogP contribution in [0.25, 0.3) is 0 Å². The predicted octanol–water partition coefficient (Wildman–Crippen LogP) is 19.6. The fraction of sp³-hybridized carbons (Fsp3) is 0.671. The number of phosphoric acid groups is 1. The molecule has 9 heteroatoms. The predicted molar refractivity (Wildman–Crippen MR) is 343 cm³/mol. The molecule has 0 aromatic rings. The average molecular weight is 1120 g/mol. The molecule has 8 nitrogen and oxygen atoms in total. The molecule has 0 fully saturated rings. The summed E-state index contributed by atoms with van der Waals surface area (Å²) in [5.74, 6) is -0.225. The highest BCUT2D eigenvalue weighted by molar-refractivity contribution is 7.45. The first-order valence-electron chi connectivity index (χ1n) is 32.0. The molecule has 0 aliphatic heterocycles. The molecule has 0 aliphatic carbocycles. The Morgan fingerprint density at radius 2 is 0.772 bits per heavy atom. The summed E-state index contributed by atoms with van der Waals surface area (Å²) in [4.78, 5) is 25.6. The molecule has 0 bridgehead atoms. The Morgan fingerprint density at radius 3 is 1.13 bits per heavy atom. The van der Waals surface area contributed by atoms with Gasteiger partial charge in [-0.05, 0) is 96.3 Å². The van der Waals surface area contributed by atoms with E-state index in [2.05, 4.69) is 141 Å². The quantitative estimate of drug-likeness (QED) is 0.0272. The van der Waals surface area contributed by atoms with E-state index in [-0.39, 0.29) is 12.5 Å². The minimum atomic E-state index is -4.62. The van der Waals surface area contributed by atoms with Crippen LogP contribution >= 0.6 is 7.82 Å². The molecule has 452 valence electrons. The van der Waals surface area contributed by atoms with Crippen molar-refractivity contribution in [3.05, 3.63) is 134 Å². The van der Waals surface area contributed by atoms with Crippen LogP contribution in [0.4, 0.5) is 0 Å². The molecular formula is C70H121N2O6P. The summed E-state index contributed by atoms with van der Waals surface area (Å²) in [7, 11) is 1.23. The Bertz CT molecular complexity index is 1750. The van der Waals surface area contributed by atoms with Gasteiger partial charge in [0.15, 0.2) is 0 Å². The normalized spacial score (nSPS) is 14.7. The number of nitrogens with zero attached hydrogens (tertiary/aromatic N) is 1. The van der Waals surface area contributed by atoms with Gasteiger partial charge >= 0.3 is 0 Å². The smallest absolute Gasteiger partial charge is 0.268 e. The Morgan fingerprint density at radius 1 is 0.456 bits per heavy atom. The molecule has 2 N–H and O–H groups in total. The van der Waals surface area contributed by atoms with Crippen molar-refractivity contribution in [2.75, 3.05) is 40.9 Å². The van der Waals surface area contributed by atoms with E-state index in [4.69, 9.17) is 9.05 Å². The summed E-state index contributed by atoms with van der Waals surface area (Å²) >= 11 is 0. The SMILES string of the molecule is CC/C=C\C/C=C\C/C=C\C/C=C\C/C=C\C/C=C\C/C=C\C/C=C\C/C=C\C/C=C\CCCCCCC(=O)NC(COP(=O)([O-])OCC[N+](C)(C)C)C(O)/C=C/CCCCCCCCCCCCCCCCCCCCCC. The number of hydrogen-bond donors (Lipinski definition) is 2. The largest absolute Gasteiger partial charge is 0.756 e. The third-order valence-corrected chi connectivity index (χ3v) is 14.6. The van der Waals surface area contributed by atoms with Gasteiger partial charge in [0.25, 0.3) is 7.82 Å². The zero-order chi connectivity index (χ0) is 57.7. The van der Waals surface area contributed by atoms with Crippen LogP contribution in [0.1, 0.15) is 251 Å². The Balaban J connectivity index is 4.26. The highest BCUT2D eigenvalue weighted by Gasteiger charge is 2.23. The summed E-state index contributed by atoms with van der Waals surface area (Å²) in [6, 6.07) is -0.912. The van der Waals surface area contributed by atoms with Crippen molar-refractivity contribution >= 4 is 13.7 Å². The van der Waals surface area contributed by atoms with Gasteiger partial charge in [-0.3, -0.25) is 9.36 Å². The number of hydrogen-bond acceptors (Lipinski definition) is 6. The molecule has 0 saturated heterocycles. The zero-order valence-electron chi connectivity index (χ0n) is 51.5. The van der Waals surface area contributed by atoms with E-state index in [9.17, 15) is 19.4 Å². The molecule has 3 unspecified atom stereocenters. The number of phosphoric ester groups is 1. The maximum Gasteiger partial charge on any atom is 0.268 e. The van der Waals surface area contributed by atoms with Crippen molar-refractivity contribution in [2.45, 2.75) is 264 Å². The molecular weight excluding hydrogens is 996 g/mol. The lowest BCUT2D eigenvalue weighted by Gasteiger charge is -2.29. The third-order valence-electron chi connectivity index (χ3n) is 13.6. The number of carbonyl (C=O) groups is 1. The molecule has 0 aliphatic rings. The Labute approximate surface area is 487 Å². The van der Waals surface area contributed by atoms with Crippen molar-refractivity contribution in [3.63, 3.8) is 0 Å². The molecule has 0 heterocycles. The third kappa shape index (κ3) is 62.1. The van der Waals surface area contributed by atoms with E-state index < -0.39 is 26.6 Å². The number of amides is 1. The van der Waals surface area contributed by atoms with Crippen LogP contribution in [0.15, 0.2) is 134 Å². The number of aliphatic hydroxyl groups is 1. The maximum absolute atomic E-state index is 13.0. The molecule has 79 heavy (non-hydrogen) atoms. The van der Waals surface area contributed by atoms with Crippen LogP contribution in [0.5, 0.6) is 0 Å². The standard InChI is InChI=1S/C70H121N2O6P/c1-6-8-10-12-14-16-18-20-22-24-26-28-30-31-32-33-34-35-36-37-38-39-40-41-42-44-46-48-50-52-54-56-58-60-62-64-70(74)71-68(67-78-79(75,76)77-66-65-72(3,4)5)69(73)63-61-59-57-55-53-51-49-47-45-43-29-27-25-23-21-19-17-15-13-11-9-7-2/h8,10,14,16,20,22,26,28,31-32,34-35,37-38,40-41,44,46,50,52,61,63,68-69,73H,6-7,9,11-13,15,17-19,21,23-25,27,29-30,33,36,39,42-43,45,47-49,51,53-60,62,64-67H2,1-5H3,(H-,71,74,75,76)/b10-8-,16-14-,22-20-,28-26-,32-31-,35-34-,38-37-,41-40-,46-44-,52-50-,63-61+. The van der Waals surface area contributed by atoms with E-state index in [0.29, 0.717) is 17.4 Å². The number of likely N-dealkylation sites (N-methyl/N-ethyl adjacent to an activating group) is 1. The Hall–Kier alpha value is -3.36. The first kappa shape index (κ1) is 75.6. The summed E-state index contributed by atoms with van der Waals surface area (Å²) in [5.41, 5.74) is 0.